The summed E-state index contributed by atoms with van der Waals surface area (Å²) in [6, 6.07) is 11.9. The first-order valence-corrected chi connectivity index (χ1v) is 11.6. The number of para-hydroxylation sites is 2. The minimum absolute atomic E-state index is 0.0408. The number of aryl methyl sites for hydroxylation is 1. The van der Waals surface area contributed by atoms with E-state index in [1.54, 1.807) is 11.9 Å². The number of piperidine rings is 1. The summed E-state index contributed by atoms with van der Waals surface area (Å²) in [5, 5.41) is 11.8. The lowest BCUT2D eigenvalue weighted by Crippen LogP contribution is -2.35. The number of nitro groups is 1. The predicted molar refractivity (Wildman–Crippen MR) is 119 cm³/mol. The van der Waals surface area contributed by atoms with Gasteiger partial charge < -0.3 is 9.47 Å². The Balaban J connectivity index is 1.66. The van der Waals surface area contributed by atoms with Gasteiger partial charge in [0.05, 0.1) is 27.4 Å². The van der Waals surface area contributed by atoms with Gasteiger partial charge in [-0.25, -0.2) is 13.4 Å². The fraction of sp³-hybridized carbons (Fsp3) is 0.381. The highest BCUT2D eigenvalue weighted by Gasteiger charge is 2.29. The predicted octanol–water partition coefficient (Wildman–Crippen LogP) is 3.29. The van der Waals surface area contributed by atoms with Crippen LogP contribution in [0.3, 0.4) is 0 Å². The molecule has 0 saturated carbocycles. The van der Waals surface area contributed by atoms with Crippen molar-refractivity contribution in [2.24, 2.45) is 7.05 Å². The Labute approximate surface area is 181 Å². The lowest BCUT2D eigenvalue weighted by Gasteiger charge is -2.26. The molecule has 3 aromatic rings. The third kappa shape index (κ3) is 4.00. The van der Waals surface area contributed by atoms with Gasteiger partial charge in [-0.15, -0.1) is 0 Å². The highest BCUT2D eigenvalue weighted by Crippen LogP contribution is 2.32. The molecule has 0 N–H and O–H groups in total. The van der Waals surface area contributed by atoms with Gasteiger partial charge in [0.25, 0.3) is 5.69 Å². The topological polar surface area (TPSA) is 102 Å². The van der Waals surface area contributed by atoms with E-state index in [0.29, 0.717) is 25.3 Å². The maximum absolute atomic E-state index is 13.0. The van der Waals surface area contributed by atoms with E-state index in [1.165, 1.54) is 22.5 Å². The van der Waals surface area contributed by atoms with Gasteiger partial charge >= 0.3 is 0 Å². The first kappa shape index (κ1) is 21.3. The molecule has 10 heteroatoms. The van der Waals surface area contributed by atoms with E-state index in [0.717, 1.165) is 36.1 Å². The molecule has 0 atom stereocenters. The number of fused-ring (bicyclic) bond motifs is 1. The van der Waals surface area contributed by atoms with Crippen LogP contribution in [0.1, 0.15) is 25.1 Å². The number of hydrogen-bond donors (Lipinski definition) is 0. The standard InChI is InChI=1S/C21H25N5O4S/c1-23(15-21-22-17-8-4-5-9-18(17)24(21)2)19-11-10-16(14-20(19)26(27)28)31(29,30)25-12-6-3-7-13-25/h4-5,8-11,14H,3,6-7,12-13,15H2,1-2H3. The van der Waals surface area contributed by atoms with Crippen LogP contribution in [0.5, 0.6) is 0 Å². The minimum Gasteiger partial charge on any atom is -0.362 e. The Hall–Kier alpha value is -2.98. The molecule has 1 fully saturated rings. The van der Waals surface area contributed by atoms with Crippen molar-refractivity contribution in [3.8, 4) is 0 Å². The highest BCUT2D eigenvalue weighted by atomic mass is 32.2. The Morgan fingerprint density at radius 2 is 1.84 bits per heavy atom. The number of hydrogen-bond acceptors (Lipinski definition) is 6. The molecule has 31 heavy (non-hydrogen) atoms. The molecule has 0 aliphatic carbocycles. The van der Waals surface area contributed by atoms with E-state index < -0.39 is 14.9 Å². The van der Waals surface area contributed by atoms with Crippen molar-refractivity contribution in [3.63, 3.8) is 0 Å². The molecule has 0 bridgehead atoms. The first-order valence-electron chi connectivity index (χ1n) is 10.2. The lowest BCUT2D eigenvalue weighted by atomic mass is 10.2. The maximum Gasteiger partial charge on any atom is 0.293 e. The molecule has 0 amide bonds. The fourth-order valence-electron chi connectivity index (χ4n) is 4.02. The minimum atomic E-state index is -3.75. The van der Waals surface area contributed by atoms with Gasteiger partial charge in [0.15, 0.2) is 0 Å². The SMILES string of the molecule is CN(Cc1nc2ccccc2n1C)c1ccc(S(=O)(=O)N2CCCCC2)cc1[N+](=O)[O-]. The molecular formula is C21H25N5O4S. The quantitative estimate of drug-likeness (QED) is 0.428. The Bertz CT molecular complexity index is 1230. The average Bonchev–Trinajstić information content (AvgIpc) is 3.09. The summed E-state index contributed by atoms with van der Waals surface area (Å²) in [4.78, 5) is 17.6. The second-order valence-electron chi connectivity index (χ2n) is 7.80. The monoisotopic (exact) mass is 443 g/mol. The van der Waals surface area contributed by atoms with E-state index >= 15 is 0 Å². The molecule has 1 aliphatic heterocycles. The summed E-state index contributed by atoms with van der Waals surface area (Å²) < 4.78 is 29.3. The van der Waals surface area contributed by atoms with Crippen molar-refractivity contribution in [2.75, 3.05) is 25.0 Å². The number of sulfonamides is 1. The van der Waals surface area contributed by atoms with Crippen molar-refractivity contribution >= 4 is 32.4 Å². The lowest BCUT2D eigenvalue weighted by molar-refractivity contribution is -0.384. The third-order valence-electron chi connectivity index (χ3n) is 5.77. The fourth-order valence-corrected chi connectivity index (χ4v) is 5.56. The van der Waals surface area contributed by atoms with Crippen LogP contribution in [0, 0.1) is 10.1 Å². The maximum atomic E-state index is 13.0. The summed E-state index contributed by atoms with van der Waals surface area (Å²) in [5.41, 5.74) is 1.93. The van der Waals surface area contributed by atoms with Crippen molar-refractivity contribution in [2.45, 2.75) is 30.7 Å². The van der Waals surface area contributed by atoms with Crippen molar-refractivity contribution < 1.29 is 13.3 Å². The second-order valence-corrected chi connectivity index (χ2v) is 9.74. The second kappa shape index (κ2) is 8.27. The van der Waals surface area contributed by atoms with Gasteiger partial charge in [-0.05, 0) is 37.1 Å². The smallest absolute Gasteiger partial charge is 0.293 e. The van der Waals surface area contributed by atoms with Gasteiger partial charge in [-0.1, -0.05) is 18.6 Å². The molecule has 2 aromatic carbocycles. The number of rotatable bonds is 6. The number of nitro benzene ring substituents is 1. The summed E-state index contributed by atoms with van der Waals surface area (Å²) in [7, 11) is -0.109. The summed E-state index contributed by atoms with van der Waals surface area (Å²) in [5.74, 6) is 0.753. The van der Waals surface area contributed by atoms with E-state index in [1.807, 2.05) is 35.9 Å². The van der Waals surface area contributed by atoms with Crippen molar-refractivity contribution in [1.82, 2.24) is 13.9 Å². The average molecular weight is 444 g/mol. The molecule has 0 unspecified atom stereocenters. The van der Waals surface area contributed by atoms with Crippen molar-refractivity contribution in [3.05, 3.63) is 58.4 Å². The molecule has 2 heterocycles. The number of anilines is 1. The van der Waals surface area contributed by atoms with Crippen LogP contribution in [-0.2, 0) is 23.6 Å². The van der Waals surface area contributed by atoms with Gasteiger partial charge in [0, 0.05) is 33.3 Å². The van der Waals surface area contributed by atoms with E-state index in [-0.39, 0.29) is 10.6 Å². The van der Waals surface area contributed by atoms with Gasteiger partial charge in [-0.3, -0.25) is 10.1 Å². The number of benzene rings is 2. The summed E-state index contributed by atoms with van der Waals surface area (Å²) >= 11 is 0. The Morgan fingerprint density at radius 3 is 2.52 bits per heavy atom. The van der Waals surface area contributed by atoms with Crippen molar-refractivity contribution in [1.29, 1.82) is 0 Å². The van der Waals surface area contributed by atoms with Crippen LogP contribution >= 0.6 is 0 Å². The largest absolute Gasteiger partial charge is 0.362 e. The summed E-state index contributed by atoms with van der Waals surface area (Å²) in [6.45, 7) is 1.24. The number of imidazole rings is 1. The normalized spacial score (nSPS) is 15.3. The molecule has 0 radical (unpaired) electrons. The zero-order valence-corrected chi connectivity index (χ0v) is 18.4. The number of nitrogens with zero attached hydrogens (tertiary/aromatic N) is 5. The van der Waals surface area contributed by atoms with Crippen LogP contribution in [0.25, 0.3) is 11.0 Å². The van der Waals surface area contributed by atoms with Crippen LogP contribution < -0.4 is 4.90 Å². The van der Waals surface area contributed by atoms with Crippen LogP contribution in [-0.4, -0.2) is 47.3 Å². The zero-order valence-electron chi connectivity index (χ0n) is 17.6. The molecule has 164 valence electrons. The molecule has 9 nitrogen and oxygen atoms in total. The summed E-state index contributed by atoms with van der Waals surface area (Å²) in [6.07, 6.45) is 2.61. The molecule has 0 spiro atoms. The molecule has 1 aliphatic rings. The van der Waals surface area contributed by atoms with Crippen LogP contribution in [0.4, 0.5) is 11.4 Å². The number of aromatic nitrogens is 2. The molecular weight excluding hydrogens is 418 g/mol. The van der Waals surface area contributed by atoms with Crippen LogP contribution in [0.2, 0.25) is 0 Å². The van der Waals surface area contributed by atoms with Gasteiger partial charge in [0.2, 0.25) is 10.0 Å². The molecule has 1 saturated heterocycles. The van der Waals surface area contributed by atoms with Crippen LogP contribution in [0.15, 0.2) is 47.4 Å². The van der Waals surface area contributed by atoms with Gasteiger partial charge in [-0.2, -0.15) is 4.31 Å². The van der Waals surface area contributed by atoms with Gasteiger partial charge in [0.1, 0.15) is 11.5 Å². The zero-order chi connectivity index (χ0) is 22.2. The highest BCUT2D eigenvalue weighted by molar-refractivity contribution is 7.89. The molecule has 4 rings (SSSR count). The third-order valence-corrected chi connectivity index (χ3v) is 7.66. The van der Waals surface area contributed by atoms with E-state index in [4.69, 9.17) is 0 Å². The van der Waals surface area contributed by atoms with E-state index in [2.05, 4.69) is 4.98 Å². The Kier molecular flexibility index (Phi) is 5.67. The molecule has 1 aromatic heterocycles. The van der Waals surface area contributed by atoms with E-state index in [9.17, 15) is 18.5 Å². The Morgan fingerprint density at radius 1 is 1.13 bits per heavy atom. The first-order chi connectivity index (χ1) is 14.8.